The van der Waals surface area contributed by atoms with Gasteiger partial charge in [0.1, 0.15) is 18.2 Å². The fraction of sp³-hybridized carbons (Fsp3) is 0.269. The summed E-state index contributed by atoms with van der Waals surface area (Å²) in [6.45, 7) is 4.15. The zero-order valence-electron chi connectivity index (χ0n) is 18.9. The second-order valence-electron chi connectivity index (χ2n) is 7.58. The molecule has 6 nitrogen and oxygen atoms in total. The van der Waals surface area contributed by atoms with Gasteiger partial charge in [-0.25, -0.2) is 0 Å². The van der Waals surface area contributed by atoms with E-state index in [1.807, 2.05) is 31.2 Å². The number of hydrogen-bond donors (Lipinski definition) is 0. The van der Waals surface area contributed by atoms with E-state index in [0.717, 1.165) is 16.9 Å². The van der Waals surface area contributed by atoms with Gasteiger partial charge in [0, 0.05) is 22.7 Å². The van der Waals surface area contributed by atoms with Crippen LogP contribution in [0.25, 0.3) is 6.08 Å². The monoisotopic (exact) mass is 464 g/mol. The summed E-state index contributed by atoms with van der Waals surface area (Å²) in [4.78, 5) is 26.8. The quantitative estimate of drug-likeness (QED) is 0.390. The summed E-state index contributed by atoms with van der Waals surface area (Å²) < 4.78 is 11.4. The molecule has 0 aromatic heterocycles. The number of nitriles is 1. The van der Waals surface area contributed by atoms with Crippen LogP contribution < -0.4 is 9.47 Å². The summed E-state index contributed by atoms with van der Waals surface area (Å²) in [6.07, 6.45) is 3.17. The standard InChI is InChI=1S/C26H25ClN2O4/c1-4-5-12-29-25(30)20(17(2)21(15-28)26(29)31)13-18-10-11-23(24(14-18)32-3)33-16-19-8-6-7-9-22(19)27/h6-11,13-14H,4-5,12,16H2,1-3H3/b20-13+. The molecule has 1 heterocycles. The molecule has 0 saturated carbocycles. The predicted octanol–water partition coefficient (Wildman–Crippen LogP) is 5.32. The maximum absolute atomic E-state index is 13.1. The lowest BCUT2D eigenvalue weighted by molar-refractivity contribution is -0.140. The molecular weight excluding hydrogens is 440 g/mol. The number of halogens is 1. The third-order valence-corrected chi connectivity index (χ3v) is 5.77. The van der Waals surface area contributed by atoms with Crippen LogP contribution in [0.15, 0.2) is 59.2 Å². The highest BCUT2D eigenvalue weighted by Gasteiger charge is 2.34. The van der Waals surface area contributed by atoms with Crippen LogP contribution in [0.3, 0.4) is 0 Å². The first-order valence-corrected chi connectivity index (χ1v) is 11.0. The molecule has 0 atom stereocenters. The highest BCUT2D eigenvalue weighted by Crippen LogP contribution is 2.32. The van der Waals surface area contributed by atoms with E-state index in [2.05, 4.69) is 0 Å². The number of rotatable bonds is 8. The molecule has 1 aliphatic rings. The van der Waals surface area contributed by atoms with Crippen molar-refractivity contribution in [3.05, 3.63) is 75.3 Å². The summed E-state index contributed by atoms with van der Waals surface area (Å²) in [6, 6.07) is 14.7. The lowest BCUT2D eigenvalue weighted by Crippen LogP contribution is -2.43. The Hall–Kier alpha value is -3.56. The molecule has 0 bridgehead atoms. The number of unbranched alkanes of at least 4 members (excludes halogenated alkanes) is 1. The zero-order chi connectivity index (χ0) is 24.0. The van der Waals surface area contributed by atoms with Crippen LogP contribution in [0.1, 0.15) is 37.8 Å². The molecule has 0 spiro atoms. The third-order valence-electron chi connectivity index (χ3n) is 5.40. The zero-order valence-corrected chi connectivity index (χ0v) is 19.6. The van der Waals surface area contributed by atoms with Crippen LogP contribution >= 0.6 is 11.6 Å². The van der Waals surface area contributed by atoms with E-state index in [4.69, 9.17) is 21.1 Å². The molecule has 2 aromatic rings. The molecule has 7 heteroatoms. The van der Waals surface area contributed by atoms with Crippen molar-refractivity contribution in [3.8, 4) is 17.6 Å². The van der Waals surface area contributed by atoms with Gasteiger partial charge in [0.05, 0.1) is 7.11 Å². The highest BCUT2D eigenvalue weighted by molar-refractivity contribution is 6.31. The second-order valence-corrected chi connectivity index (χ2v) is 7.98. The largest absolute Gasteiger partial charge is 0.493 e. The van der Waals surface area contributed by atoms with E-state index >= 15 is 0 Å². The predicted molar refractivity (Wildman–Crippen MR) is 127 cm³/mol. The Kier molecular flexibility index (Phi) is 7.92. The van der Waals surface area contributed by atoms with Crippen LogP contribution in [-0.2, 0) is 16.2 Å². The molecule has 2 aromatic carbocycles. The number of carbonyl (C=O) groups is 2. The third kappa shape index (κ3) is 5.27. The fourth-order valence-corrected chi connectivity index (χ4v) is 3.67. The van der Waals surface area contributed by atoms with E-state index < -0.39 is 11.8 Å². The van der Waals surface area contributed by atoms with Crippen molar-refractivity contribution in [1.29, 1.82) is 5.26 Å². The molecule has 1 aliphatic heterocycles. The van der Waals surface area contributed by atoms with Crippen molar-refractivity contribution in [2.24, 2.45) is 0 Å². The Morgan fingerprint density at radius 2 is 1.88 bits per heavy atom. The van der Waals surface area contributed by atoms with Crippen LogP contribution in [0.4, 0.5) is 0 Å². The molecule has 0 unspecified atom stereocenters. The van der Waals surface area contributed by atoms with Crippen LogP contribution in [-0.4, -0.2) is 30.4 Å². The lowest BCUT2D eigenvalue weighted by Gasteiger charge is -2.27. The Morgan fingerprint density at radius 3 is 2.55 bits per heavy atom. The fourth-order valence-electron chi connectivity index (χ4n) is 3.48. The molecule has 0 radical (unpaired) electrons. The first-order valence-electron chi connectivity index (χ1n) is 10.6. The van der Waals surface area contributed by atoms with Gasteiger partial charge >= 0.3 is 0 Å². The van der Waals surface area contributed by atoms with Crippen LogP contribution in [0.5, 0.6) is 11.5 Å². The van der Waals surface area contributed by atoms with Crippen molar-refractivity contribution in [2.75, 3.05) is 13.7 Å². The van der Waals surface area contributed by atoms with Gasteiger partial charge in [0.2, 0.25) is 0 Å². The topological polar surface area (TPSA) is 79.6 Å². The molecule has 0 N–H and O–H groups in total. The Balaban J connectivity index is 1.92. The Morgan fingerprint density at radius 1 is 1.12 bits per heavy atom. The number of amides is 2. The molecule has 170 valence electrons. The molecule has 3 rings (SSSR count). The van der Waals surface area contributed by atoms with Gasteiger partial charge in [0.15, 0.2) is 11.5 Å². The summed E-state index contributed by atoms with van der Waals surface area (Å²) in [5.41, 5.74) is 2.21. The summed E-state index contributed by atoms with van der Waals surface area (Å²) >= 11 is 6.20. The van der Waals surface area contributed by atoms with Crippen molar-refractivity contribution < 1.29 is 19.1 Å². The van der Waals surface area contributed by atoms with Crippen molar-refractivity contribution in [1.82, 2.24) is 4.90 Å². The first-order chi connectivity index (χ1) is 15.9. The molecule has 2 amide bonds. The molecule has 0 aliphatic carbocycles. The normalized spacial score (nSPS) is 15.1. The van der Waals surface area contributed by atoms with Gasteiger partial charge in [-0.1, -0.05) is 49.2 Å². The SMILES string of the molecule is CCCCN1C(=O)C(C#N)=C(C)/C(=C\c2ccc(OCc3ccccc3Cl)c(OC)c2)C1=O. The lowest BCUT2D eigenvalue weighted by atomic mass is 9.93. The summed E-state index contributed by atoms with van der Waals surface area (Å²) in [5.74, 6) is 0.0782. The van der Waals surface area contributed by atoms with E-state index in [0.29, 0.717) is 39.7 Å². The number of carbonyl (C=O) groups excluding carboxylic acids is 2. The van der Waals surface area contributed by atoms with E-state index in [1.54, 1.807) is 37.3 Å². The van der Waals surface area contributed by atoms with E-state index in [1.165, 1.54) is 7.11 Å². The van der Waals surface area contributed by atoms with Gasteiger partial charge in [-0.2, -0.15) is 5.26 Å². The molecule has 0 saturated heterocycles. The number of nitrogens with zero attached hydrogens (tertiary/aromatic N) is 2. The minimum absolute atomic E-state index is 0.0105. The maximum Gasteiger partial charge on any atom is 0.271 e. The number of imide groups is 1. The number of hydrogen-bond acceptors (Lipinski definition) is 5. The number of benzene rings is 2. The smallest absolute Gasteiger partial charge is 0.271 e. The van der Waals surface area contributed by atoms with E-state index in [-0.39, 0.29) is 18.7 Å². The van der Waals surface area contributed by atoms with Crippen molar-refractivity contribution in [3.63, 3.8) is 0 Å². The first kappa shape index (κ1) is 24.1. The number of methoxy groups -OCH3 is 1. The van der Waals surface area contributed by atoms with Crippen LogP contribution in [0, 0.1) is 11.3 Å². The number of ether oxygens (including phenoxy) is 2. The average molecular weight is 465 g/mol. The molecule has 0 fully saturated rings. The maximum atomic E-state index is 13.1. The van der Waals surface area contributed by atoms with Crippen LogP contribution in [0.2, 0.25) is 5.02 Å². The van der Waals surface area contributed by atoms with Crippen molar-refractivity contribution >= 4 is 29.5 Å². The minimum atomic E-state index is -0.536. The van der Waals surface area contributed by atoms with Gasteiger partial charge in [-0.05, 0) is 48.8 Å². The van der Waals surface area contributed by atoms with Gasteiger partial charge in [-0.15, -0.1) is 0 Å². The Bertz CT molecular complexity index is 1180. The summed E-state index contributed by atoms with van der Waals surface area (Å²) in [5, 5.41) is 10.1. The summed E-state index contributed by atoms with van der Waals surface area (Å²) in [7, 11) is 1.53. The average Bonchev–Trinajstić information content (AvgIpc) is 2.82. The van der Waals surface area contributed by atoms with E-state index in [9.17, 15) is 14.9 Å². The van der Waals surface area contributed by atoms with Gasteiger partial charge < -0.3 is 9.47 Å². The second kappa shape index (κ2) is 10.8. The molecular formula is C26H25ClN2O4. The minimum Gasteiger partial charge on any atom is -0.493 e. The highest BCUT2D eigenvalue weighted by atomic mass is 35.5. The van der Waals surface area contributed by atoms with Gasteiger partial charge in [0.25, 0.3) is 11.8 Å². The molecule has 33 heavy (non-hydrogen) atoms. The Labute approximate surface area is 198 Å². The van der Waals surface area contributed by atoms with Crippen molar-refractivity contribution in [2.45, 2.75) is 33.3 Å². The van der Waals surface area contributed by atoms with Gasteiger partial charge in [-0.3, -0.25) is 14.5 Å².